The average Bonchev–Trinajstić information content (AvgIpc) is 2.07. The Hall–Kier alpha value is -0.240. The minimum absolute atomic E-state index is 0.562. The standard InChI is InChI=1S/C5H8O6/c1-2-4-6-5(3-1)7-9-11-10-8-5/h1-4H2. The highest BCUT2D eigenvalue weighted by Gasteiger charge is 2.42. The van der Waals surface area contributed by atoms with Gasteiger partial charge in [-0.3, -0.25) is 0 Å². The van der Waals surface area contributed by atoms with Crippen molar-refractivity contribution in [2.45, 2.75) is 25.2 Å². The van der Waals surface area contributed by atoms with Crippen LogP contribution in [0.3, 0.4) is 0 Å². The molecule has 0 bridgehead atoms. The van der Waals surface area contributed by atoms with Crippen LogP contribution in [0.1, 0.15) is 19.3 Å². The van der Waals surface area contributed by atoms with Gasteiger partial charge < -0.3 is 4.74 Å². The van der Waals surface area contributed by atoms with Gasteiger partial charge in [-0.05, 0) is 28.0 Å². The summed E-state index contributed by atoms with van der Waals surface area (Å²) in [5.41, 5.74) is 0. The highest BCUT2D eigenvalue weighted by atomic mass is 17.8. The zero-order valence-electron chi connectivity index (χ0n) is 5.78. The van der Waals surface area contributed by atoms with E-state index in [1.165, 1.54) is 0 Å². The molecule has 0 saturated carbocycles. The molecule has 0 radical (unpaired) electrons. The first kappa shape index (κ1) is 7.41. The smallest absolute Gasteiger partial charge is 0.324 e. The van der Waals surface area contributed by atoms with E-state index in [2.05, 4.69) is 24.9 Å². The van der Waals surface area contributed by atoms with Gasteiger partial charge in [-0.1, -0.05) is 0 Å². The molecule has 6 heteroatoms. The largest absolute Gasteiger partial charge is 0.346 e. The van der Waals surface area contributed by atoms with Crippen molar-refractivity contribution in [2.24, 2.45) is 0 Å². The van der Waals surface area contributed by atoms with E-state index in [0.29, 0.717) is 13.0 Å². The predicted molar refractivity (Wildman–Crippen MR) is 28.0 cm³/mol. The fourth-order valence-corrected chi connectivity index (χ4v) is 1.03. The van der Waals surface area contributed by atoms with Crippen LogP contribution in [0.5, 0.6) is 0 Å². The molecule has 0 aliphatic carbocycles. The van der Waals surface area contributed by atoms with Crippen molar-refractivity contribution < 1.29 is 29.6 Å². The Bertz CT molecular complexity index is 105. The number of hydrogen-bond acceptors (Lipinski definition) is 6. The summed E-state index contributed by atoms with van der Waals surface area (Å²) in [6.45, 7) is 0.562. The van der Waals surface area contributed by atoms with Gasteiger partial charge in [0.2, 0.25) is 0 Å². The van der Waals surface area contributed by atoms with Gasteiger partial charge in [0.15, 0.2) is 0 Å². The van der Waals surface area contributed by atoms with E-state index in [1.54, 1.807) is 0 Å². The SMILES string of the molecule is C1CCC2(OC1)OOOOO2. The first-order valence-corrected chi connectivity index (χ1v) is 3.42. The quantitative estimate of drug-likeness (QED) is 0.488. The molecule has 64 valence electrons. The lowest BCUT2D eigenvalue weighted by Gasteiger charge is -2.33. The van der Waals surface area contributed by atoms with Gasteiger partial charge in [-0.15, -0.1) is 9.78 Å². The number of ether oxygens (including phenoxy) is 1. The molecule has 2 rings (SSSR count). The van der Waals surface area contributed by atoms with E-state index in [1.807, 2.05) is 0 Å². The van der Waals surface area contributed by atoms with Crippen LogP contribution < -0.4 is 0 Å². The maximum Gasteiger partial charge on any atom is 0.346 e. The molecule has 0 aromatic carbocycles. The van der Waals surface area contributed by atoms with Gasteiger partial charge in [0.25, 0.3) is 0 Å². The first-order chi connectivity index (χ1) is 5.41. The first-order valence-electron chi connectivity index (χ1n) is 3.42. The Kier molecular flexibility index (Phi) is 2.03. The predicted octanol–water partition coefficient (Wildman–Crippen LogP) is 0.597. The highest BCUT2D eigenvalue weighted by molar-refractivity contribution is 4.60. The summed E-state index contributed by atoms with van der Waals surface area (Å²) in [5, 5.41) is 12.1. The van der Waals surface area contributed by atoms with Crippen molar-refractivity contribution in [1.29, 1.82) is 0 Å². The molecule has 6 nitrogen and oxygen atoms in total. The Balaban J connectivity index is 1.94. The molecule has 2 saturated heterocycles. The fourth-order valence-electron chi connectivity index (χ4n) is 1.03. The Morgan fingerprint density at radius 3 is 2.36 bits per heavy atom. The summed E-state index contributed by atoms with van der Waals surface area (Å²) in [5.74, 6) is -1.21. The van der Waals surface area contributed by atoms with Crippen molar-refractivity contribution in [1.82, 2.24) is 0 Å². The van der Waals surface area contributed by atoms with Gasteiger partial charge in [0.05, 0.1) is 6.61 Å². The van der Waals surface area contributed by atoms with Crippen LogP contribution in [-0.4, -0.2) is 12.6 Å². The van der Waals surface area contributed by atoms with Crippen molar-refractivity contribution in [3.05, 3.63) is 0 Å². The van der Waals surface area contributed by atoms with E-state index < -0.39 is 5.97 Å². The molecule has 0 unspecified atom stereocenters. The molecular weight excluding hydrogens is 156 g/mol. The number of rotatable bonds is 0. The van der Waals surface area contributed by atoms with Crippen molar-refractivity contribution in [3.8, 4) is 0 Å². The van der Waals surface area contributed by atoms with Crippen LogP contribution >= 0.6 is 0 Å². The third kappa shape index (κ3) is 1.51. The van der Waals surface area contributed by atoms with E-state index in [4.69, 9.17) is 4.74 Å². The van der Waals surface area contributed by atoms with Crippen molar-refractivity contribution in [2.75, 3.05) is 6.61 Å². The molecule has 0 atom stereocenters. The Labute approximate surface area is 62.6 Å². The van der Waals surface area contributed by atoms with Crippen LogP contribution in [0.2, 0.25) is 0 Å². The fraction of sp³-hybridized carbons (Fsp3) is 1.00. The van der Waals surface area contributed by atoms with E-state index in [0.717, 1.165) is 12.8 Å². The summed E-state index contributed by atoms with van der Waals surface area (Å²) in [6, 6.07) is 0. The van der Waals surface area contributed by atoms with Gasteiger partial charge in [0, 0.05) is 6.42 Å². The molecule has 0 aromatic rings. The molecule has 2 aliphatic rings. The highest BCUT2D eigenvalue weighted by Crippen LogP contribution is 2.30. The summed E-state index contributed by atoms with van der Waals surface area (Å²) >= 11 is 0. The minimum Gasteiger partial charge on any atom is -0.324 e. The molecule has 2 aliphatic heterocycles. The minimum atomic E-state index is -1.21. The topological polar surface area (TPSA) is 55.4 Å². The second-order valence-electron chi connectivity index (χ2n) is 2.36. The van der Waals surface area contributed by atoms with Gasteiger partial charge in [-0.2, -0.15) is 0 Å². The lowest BCUT2D eigenvalue weighted by atomic mass is 10.2. The van der Waals surface area contributed by atoms with Crippen molar-refractivity contribution in [3.63, 3.8) is 0 Å². The van der Waals surface area contributed by atoms with E-state index in [9.17, 15) is 0 Å². The summed E-state index contributed by atoms with van der Waals surface area (Å²) < 4.78 is 5.13. The Morgan fingerprint density at radius 2 is 1.73 bits per heavy atom. The average molecular weight is 164 g/mol. The molecule has 0 aromatic heterocycles. The maximum absolute atomic E-state index is 5.13. The van der Waals surface area contributed by atoms with Crippen molar-refractivity contribution >= 4 is 0 Å². The van der Waals surface area contributed by atoms with Gasteiger partial charge >= 0.3 is 5.97 Å². The van der Waals surface area contributed by atoms with Gasteiger partial charge in [0.1, 0.15) is 0 Å². The zero-order valence-corrected chi connectivity index (χ0v) is 5.78. The van der Waals surface area contributed by atoms with Crippen LogP contribution in [0.15, 0.2) is 0 Å². The van der Waals surface area contributed by atoms with Crippen LogP contribution in [0, 0.1) is 0 Å². The monoisotopic (exact) mass is 164 g/mol. The molecule has 0 N–H and O–H groups in total. The molecular formula is C5H8O6. The van der Waals surface area contributed by atoms with Crippen LogP contribution in [-0.2, 0) is 29.6 Å². The third-order valence-electron chi connectivity index (χ3n) is 1.58. The lowest BCUT2D eigenvalue weighted by Crippen LogP contribution is -2.44. The van der Waals surface area contributed by atoms with E-state index in [-0.39, 0.29) is 0 Å². The molecule has 2 heterocycles. The summed E-state index contributed by atoms with van der Waals surface area (Å²) in [4.78, 5) is 9.23. The van der Waals surface area contributed by atoms with Crippen LogP contribution in [0.4, 0.5) is 0 Å². The second-order valence-corrected chi connectivity index (χ2v) is 2.36. The van der Waals surface area contributed by atoms with Crippen LogP contribution in [0.25, 0.3) is 0 Å². The molecule has 2 fully saturated rings. The maximum atomic E-state index is 5.13. The molecule has 1 spiro atoms. The number of hydrogen-bond donors (Lipinski definition) is 0. The molecule has 0 amide bonds. The summed E-state index contributed by atoms with van der Waals surface area (Å²) in [6.07, 6.45) is 2.48. The zero-order chi connectivity index (χ0) is 7.57. The third-order valence-corrected chi connectivity index (χ3v) is 1.58. The molecule has 11 heavy (non-hydrogen) atoms. The van der Waals surface area contributed by atoms with E-state index >= 15 is 0 Å². The summed E-state index contributed by atoms with van der Waals surface area (Å²) in [7, 11) is 0. The Morgan fingerprint density at radius 1 is 0.909 bits per heavy atom. The second kappa shape index (κ2) is 3.02. The lowest BCUT2D eigenvalue weighted by molar-refractivity contribution is -0.830. The normalized spacial score (nSPS) is 30.5. The van der Waals surface area contributed by atoms with Gasteiger partial charge in [-0.25, -0.2) is 0 Å².